The van der Waals surface area contributed by atoms with Gasteiger partial charge < -0.3 is 4.57 Å². The normalized spacial score (nSPS) is 11.8. The fourth-order valence-electron chi connectivity index (χ4n) is 13.9. The summed E-state index contributed by atoms with van der Waals surface area (Å²) in [6.45, 7) is 0. The van der Waals surface area contributed by atoms with Gasteiger partial charge in [0.1, 0.15) is 0 Å². The Bertz CT molecular complexity index is 6250. The zero-order valence-electron chi connectivity index (χ0n) is 51.7. The highest BCUT2D eigenvalue weighted by atomic mass is 32.1. The van der Waals surface area contributed by atoms with E-state index in [1.807, 2.05) is 120 Å². The Kier molecular flexibility index (Phi) is 14.1. The first kappa shape index (κ1) is 57.1. The number of rotatable bonds is 9. The first-order valence-electron chi connectivity index (χ1n) is 32.2. The molecule has 0 saturated heterocycles. The number of para-hydroxylation sites is 1. The van der Waals surface area contributed by atoms with Gasteiger partial charge in [0.2, 0.25) is 0 Å². The van der Waals surface area contributed by atoms with Crippen molar-refractivity contribution in [2.24, 2.45) is 0 Å². The first-order valence-corrected chi connectivity index (χ1v) is 35.5. The highest BCUT2D eigenvalue weighted by Gasteiger charge is 2.30. The Balaban J connectivity index is 0.000000140. The van der Waals surface area contributed by atoms with Crippen LogP contribution in [-0.4, -0.2) is 19.9 Å². The number of hydrogen-bond acceptors (Lipinski definition) is 7. The van der Waals surface area contributed by atoms with Gasteiger partial charge in [0, 0.05) is 105 Å². The monoisotopic (exact) mass is 1280 g/mol. The van der Waals surface area contributed by atoms with Crippen LogP contribution in [0.25, 0.3) is 162 Å². The van der Waals surface area contributed by atoms with E-state index in [1.165, 1.54) is 72.7 Å². The first-order chi connectivity index (χ1) is 47.5. The van der Waals surface area contributed by atoms with Crippen LogP contribution >= 0.6 is 29.8 Å². The summed E-state index contributed by atoms with van der Waals surface area (Å²) in [5, 5.41) is 15.6. The molecule has 0 atom stereocenters. The lowest BCUT2D eigenvalue weighted by Gasteiger charge is -2.20. The number of benzene rings is 14. The maximum Gasteiger partial charge on any atom is 0.171 e. The van der Waals surface area contributed by atoms with Crippen LogP contribution in [0.5, 0.6) is 0 Å². The number of hydrogen-bond donors (Lipinski definition) is 0. The Morgan fingerprint density at radius 1 is 0.250 bits per heavy atom. The van der Waals surface area contributed by atoms with Crippen LogP contribution in [-0.2, 0) is 4.57 Å². The second-order valence-electron chi connectivity index (χ2n) is 24.2. The van der Waals surface area contributed by atoms with Crippen molar-refractivity contribution in [3.63, 3.8) is 0 Å². The number of pyridine rings is 2. The van der Waals surface area contributed by atoms with Crippen molar-refractivity contribution in [1.82, 2.24) is 19.9 Å². The van der Waals surface area contributed by atoms with E-state index in [4.69, 9.17) is 19.9 Å². The summed E-state index contributed by atoms with van der Waals surface area (Å²) in [6.07, 6.45) is 0. The molecule has 0 fully saturated rings. The van der Waals surface area contributed by atoms with E-state index < -0.39 is 7.14 Å². The zero-order valence-corrected chi connectivity index (χ0v) is 54.2. The highest BCUT2D eigenvalue weighted by molar-refractivity contribution is 7.85. The SMILES string of the molecule is O=P(c1ccccc1)(c1ccccc1)c1ccc(-c2cccc(-c3nc4c5ccccc5ccc4c4sc5ccccc5c34)c2)cc1.c1ccc(-c2nc(-c3ccc(-c4cccc(-c5nc6c7ccccc7ccc6c6sc7ccccc7c56)c4)cc3)c3ccccc3n2)cc1. The van der Waals surface area contributed by atoms with Crippen LogP contribution in [0.2, 0.25) is 0 Å². The Labute approximate surface area is 562 Å². The van der Waals surface area contributed by atoms with Gasteiger partial charge in [0.15, 0.2) is 13.0 Å². The quantitative estimate of drug-likeness (QED) is 0.106. The Hall–Kier alpha value is -11.6. The molecule has 8 heteroatoms. The molecule has 0 bridgehead atoms. The molecule has 0 aliphatic heterocycles. The van der Waals surface area contributed by atoms with E-state index in [0.717, 1.165) is 105 Å². The van der Waals surface area contributed by atoms with E-state index in [1.54, 1.807) is 0 Å². The molecule has 0 aliphatic rings. The molecular formula is C88H55N4OPS2. The van der Waals surface area contributed by atoms with Gasteiger partial charge in [0.05, 0.1) is 33.6 Å². The van der Waals surface area contributed by atoms with E-state index in [2.05, 4.69) is 237 Å². The summed E-state index contributed by atoms with van der Waals surface area (Å²) in [6, 6.07) is 116. The molecule has 19 aromatic rings. The van der Waals surface area contributed by atoms with Crippen LogP contribution in [0.3, 0.4) is 0 Å². The van der Waals surface area contributed by atoms with Crippen molar-refractivity contribution in [3.8, 4) is 67.4 Å². The van der Waals surface area contributed by atoms with Crippen molar-refractivity contribution in [2.75, 3.05) is 0 Å². The van der Waals surface area contributed by atoms with Gasteiger partial charge in [-0.1, -0.05) is 303 Å². The molecule has 5 aromatic heterocycles. The molecule has 5 nitrogen and oxygen atoms in total. The summed E-state index contributed by atoms with van der Waals surface area (Å²) >= 11 is 3.70. The van der Waals surface area contributed by atoms with Crippen LogP contribution in [0.1, 0.15) is 0 Å². The van der Waals surface area contributed by atoms with Gasteiger partial charge in [-0.15, -0.1) is 22.7 Å². The van der Waals surface area contributed by atoms with E-state index >= 15 is 0 Å². The second kappa shape index (κ2) is 23.8. The fourth-order valence-corrected chi connectivity index (χ4v) is 19.0. The van der Waals surface area contributed by atoms with Crippen molar-refractivity contribution < 1.29 is 4.57 Å². The van der Waals surface area contributed by atoms with Gasteiger partial charge >= 0.3 is 0 Å². The third kappa shape index (κ3) is 9.86. The lowest BCUT2D eigenvalue weighted by atomic mass is 9.96. The van der Waals surface area contributed by atoms with Crippen LogP contribution in [0.4, 0.5) is 0 Å². The molecule has 0 aliphatic carbocycles. The number of nitrogens with zero attached hydrogens (tertiary/aromatic N) is 4. The van der Waals surface area contributed by atoms with Crippen molar-refractivity contribution >= 4 is 140 Å². The van der Waals surface area contributed by atoms with Crippen molar-refractivity contribution in [2.45, 2.75) is 0 Å². The smallest absolute Gasteiger partial charge is 0.171 e. The third-order valence-electron chi connectivity index (χ3n) is 18.6. The van der Waals surface area contributed by atoms with Crippen molar-refractivity contribution in [3.05, 3.63) is 334 Å². The Morgan fingerprint density at radius 3 is 1.17 bits per heavy atom. The average Bonchev–Trinajstić information content (AvgIpc) is 1.53. The molecule has 19 rings (SSSR count). The van der Waals surface area contributed by atoms with E-state index in [9.17, 15) is 4.57 Å². The van der Waals surface area contributed by atoms with Gasteiger partial charge in [-0.25, -0.2) is 19.9 Å². The molecule has 0 radical (unpaired) electrons. The molecule has 0 spiro atoms. The van der Waals surface area contributed by atoms with Crippen molar-refractivity contribution in [1.29, 1.82) is 0 Å². The lowest BCUT2D eigenvalue weighted by molar-refractivity contribution is 0.592. The minimum Gasteiger partial charge on any atom is -0.309 e. The average molecular weight is 1280 g/mol. The van der Waals surface area contributed by atoms with Crippen LogP contribution in [0, 0.1) is 0 Å². The zero-order chi connectivity index (χ0) is 63.7. The molecule has 450 valence electrons. The molecule has 0 unspecified atom stereocenters. The molecule has 96 heavy (non-hydrogen) atoms. The van der Waals surface area contributed by atoms with Gasteiger partial charge in [-0.3, -0.25) is 0 Å². The summed E-state index contributed by atoms with van der Waals surface area (Å²) in [5.74, 6) is 0.731. The molecule has 14 aromatic carbocycles. The minimum atomic E-state index is -3.04. The maximum atomic E-state index is 14.9. The lowest BCUT2D eigenvalue weighted by Crippen LogP contribution is -2.24. The molecule has 0 N–H and O–H groups in total. The molecular weight excluding hydrogens is 1220 g/mol. The second-order valence-corrected chi connectivity index (χ2v) is 29.1. The Morgan fingerprint density at radius 2 is 0.646 bits per heavy atom. The van der Waals surface area contributed by atoms with Crippen LogP contribution < -0.4 is 15.9 Å². The number of thiophene rings is 2. The van der Waals surface area contributed by atoms with E-state index in [0.29, 0.717) is 0 Å². The maximum absolute atomic E-state index is 14.9. The number of fused-ring (bicyclic) bond motifs is 15. The number of aromatic nitrogens is 4. The largest absolute Gasteiger partial charge is 0.309 e. The minimum absolute atomic E-state index is 0.731. The third-order valence-corrected chi connectivity index (χ3v) is 24.1. The molecule has 5 heterocycles. The summed E-state index contributed by atoms with van der Waals surface area (Å²) < 4.78 is 20.0. The van der Waals surface area contributed by atoms with Gasteiger partial charge in [0.25, 0.3) is 0 Å². The summed E-state index contributed by atoms with van der Waals surface area (Å²) in [7, 11) is -3.04. The standard InChI is InChI=1S/C45H27N3S.C43H28NOPS/c1-2-12-31(13-3-1)45-46-38-19-8-6-17-35(38)41(48-45)30-23-21-28(22-24-30)32-14-10-15-33(27-32)42-40-36-18-7-9-20-39(36)49-44(40)37-26-25-29-11-4-5-16-34(29)43(37)47-42;45-46(33-15-3-1-4-16-33,34-17-5-2-6-18-34)35-25-22-29(23-26-35)31-13-11-14-32(28-31)41-40-37-20-9-10-21-39(37)47-43(40)38-27-24-30-12-7-8-19-36(30)42(38)44-41/h1-27H;1-28H. The predicted molar refractivity (Wildman–Crippen MR) is 409 cm³/mol. The molecule has 0 saturated carbocycles. The van der Waals surface area contributed by atoms with Crippen LogP contribution in [0.15, 0.2) is 334 Å². The fraction of sp³-hybridized carbons (Fsp3) is 0. The van der Waals surface area contributed by atoms with Gasteiger partial charge in [-0.05, 0) is 63.4 Å². The topological polar surface area (TPSA) is 68.6 Å². The summed E-state index contributed by atoms with van der Waals surface area (Å²) in [5.41, 5.74) is 14.7. The molecule has 0 amide bonds. The van der Waals surface area contributed by atoms with E-state index in [-0.39, 0.29) is 0 Å². The van der Waals surface area contributed by atoms with Gasteiger partial charge in [-0.2, -0.15) is 0 Å². The predicted octanol–water partition coefficient (Wildman–Crippen LogP) is 23.1. The summed E-state index contributed by atoms with van der Waals surface area (Å²) in [4.78, 5) is 20.9. The highest BCUT2D eigenvalue weighted by Crippen LogP contribution is 2.48.